The van der Waals surface area contributed by atoms with E-state index in [4.69, 9.17) is 5.26 Å². The zero-order chi connectivity index (χ0) is 16.9. The molecule has 1 nitrogen and oxygen atoms in total. The second kappa shape index (κ2) is 8.15. The lowest BCUT2D eigenvalue weighted by Crippen LogP contribution is -2.27. The summed E-state index contributed by atoms with van der Waals surface area (Å²) in [6, 6.07) is 5.64. The molecular weight excluding hydrogens is 297 g/mol. The minimum Gasteiger partial charge on any atom is -0.205 e. The Labute approximate surface area is 146 Å². The molecule has 0 radical (unpaired) electrons. The van der Waals surface area contributed by atoms with Crippen molar-refractivity contribution in [3.05, 3.63) is 34.6 Å². The van der Waals surface area contributed by atoms with Crippen molar-refractivity contribution in [3.63, 3.8) is 0 Å². The molecule has 0 heterocycles. The Balaban J connectivity index is 1.55. The molecule has 3 rings (SSSR count). The zero-order valence-corrected chi connectivity index (χ0v) is 15.0. The number of fused-ring (bicyclic) bond motifs is 1. The molecule has 2 aliphatic carbocycles. The number of unbranched alkanes of at least 4 members (excludes halogenated alkanes) is 2. The van der Waals surface area contributed by atoms with E-state index in [0.29, 0.717) is 0 Å². The van der Waals surface area contributed by atoms with E-state index in [0.717, 1.165) is 48.1 Å². The van der Waals surface area contributed by atoms with Gasteiger partial charge in [0.2, 0.25) is 0 Å². The van der Waals surface area contributed by atoms with Crippen LogP contribution in [0.1, 0.15) is 81.4 Å². The number of rotatable bonds is 5. The Hall–Kier alpha value is -1.36. The van der Waals surface area contributed by atoms with Crippen molar-refractivity contribution in [1.29, 1.82) is 5.26 Å². The fourth-order valence-corrected chi connectivity index (χ4v) is 4.96. The van der Waals surface area contributed by atoms with Crippen molar-refractivity contribution in [2.75, 3.05) is 0 Å². The minimum absolute atomic E-state index is 0.208. The molecule has 1 fully saturated rings. The standard InChI is InChI=1S/C22H30FN/c1-2-3-4-5-16-6-8-17(9-7-16)18-12-13-21-19(14-18)10-11-20(15-24)22(21)23/h10-11,16-18H,2-9,12-14H2,1H3. The highest BCUT2D eigenvalue weighted by atomic mass is 19.1. The third-order valence-corrected chi connectivity index (χ3v) is 6.48. The van der Waals surface area contributed by atoms with Gasteiger partial charge in [0.15, 0.2) is 0 Å². The van der Waals surface area contributed by atoms with Crippen LogP contribution in [0.3, 0.4) is 0 Å². The van der Waals surface area contributed by atoms with Gasteiger partial charge in [-0.15, -0.1) is 0 Å². The summed E-state index contributed by atoms with van der Waals surface area (Å²) in [4.78, 5) is 0. The molecule has 0 amide bonds. The SMILES string of the molecule is CCCCCC1CCC(C2CCc3c(ccc(C#N)c3F)C2)CC1. The van der Waals surface area contributed by atoms with E-state index in [-0.39, 0.29) is 11.4 Å². The van der Waals surface area contributed by atoms with Gasteiger partial charge in [-0.25, -0.2) is 4.39 Å². The van der Waals surface area contributed by atoms with E-state index in [1.807, 2.05) is 12.1 Å². The Bertz CT molecular complexity index is 593. The Morgan fingerprint density at radius 1 is 1.08 bits per heavy atom. The summed E-state index contributed by atoms with van der Waals surface area (Å²) >= 11 is 0. The molecule has 1 aromatic carbocycles. The van der Waals surface area contributed by atoms with Crippen LogP contribution >= 0.6 is 0 Å². The third kappa shape index (κ3) is 3.82. The lowest BCUT2D eigenvalue weighted by Gasteiger charge is -2.36. The monoisotopic (exact) mass is 327 g/mol. The van der Waals surface area contributed by atoms with E-state index in [1.165, 1.54) is 51.4 Å². The molecule has 2 aliphatic rings. The molecule has 0 aromatic heterocycles. The predicted molar refractivity (Wildman–Crippen MR) is 96.2 cm³/mol. The first-order valence-electron chi connectivity index (χ1n) is 9.93. The van der Waals surface area contributed by atoms with Crippen LogP contribution in [0.4, 0.5) is 4.39 Å². The lowest BCUT2D eigenvalue weighted by molar-refractivity contribution is 0.182. The maximum absolute atomic E-state index is 14.3. The maximum atomic E-state index is 14.3. The van der Waals surface area contributed by atoms with Gasteiger partial charge in [0.05, 0.1) is 5.56 Å². The van der Waals surface area contributed by atoms with Crippen LogP contribution in [0.25, 0.3) is 0 Å². The second-order valence-corrected chi connectivity index (χ2v) is 7.96. The summed E-state index contributed by atoms with van der Waals surface area (Å²) in [5.41, 5.74) is 2.19. The van der Waals surface area contributed by atoms with Gasteiger partial charge in [-0.1, -0.05) is 51.5 Å². The molecule has 0 bridgehead atoms. The molecule has 0 N–H and O–H groups in total. The number of hydrogen-bond donors (Lipinski definition) is 0. The van der Waals surface area contributed by atoms with Crippen LogP contribution in [0.2, 0.25) is 0 Å². The number of halogens is 1. The van der Waals surface area contributed by atoms with Gasteiger partial charge in [0.1, 0.15) is 11.9 Å². The van der Waals surface area contributed by atoms with Crippen LogP contribution in [0.15, 0.2) is 12.1 Å². The van der Waals surface area contributed by atoms with E-state index in [1.54, 1.807) is 6.07 Å². The minimum atomic E-state index is -0.256. The van der Waals surface area contributed by atoms with Crippen molar-refractivity contribution in [2.45, 2.75) is 77.6 Å². The molecule has 1 unspecified atom stereocenters. The first-order chi connectivity index (χ1) is 11.7. The highest BCUT2D eigenvalue weighted by Gasteiger charge is 2.31. The van der Waals surface area contributed by atoms with Gasteiger partial charge in [-0.2, -0.15) is 5.26 Å². The van der Waals surface area contributed by atoms with Crippen molar-refractivity contribution in [2.24, 2.45) is 17.8 Å². The zero-order valence-electron chi connectivity index (χ0n) is 15.0. The average molecular weight is 327 g/mol. The van der Waals surface area contributed by atoms with E-state index >= 15 is 0 Å². The Morgan fingerprint density at radius 3 is 2.58 bits per heavy atom. The van der Waals surface area contributed by atoms with Crippen LogP contribution in [-0.2, 0) is 12.8 Å². The molecule has 0 saturated heterocycles. The van der Waals surface area contributed by atoms with Crippen molar-refractivity contribution in [3.8, 4) is 6.07 Å². The lowest BCUT2D eigenvalue weighted by atomic mass is 9.69. The fourth-order valence-electron chi connectivity index (χ4n) is 4.96. The van der Waals surface area contributed by atoms with Crippen LogP contribution in [-0.4, -0.2) is 0 Å². The van der Waals surface area contributed by atoms with Gasteiger partial charge in [-0.05, 0) is 67.1 Å². The molecule has 1 saturated carbocycles. The van der Waals surface area contributed by atoms with E-state index < -0.39 is 0 Å². The van der Waals surface area contributed by atoms with Crippen molar-refractivity contribution < 1.29 is 4.39 Å². The molecule has 24 heavy (non-hydrogen) atoms. The van der Waals surface area contributed by atoms with Gasteiger partial charge in [0.25, 0.3) is 0 Å². The summed E-state index contributed by atoms with van der Waals surface area (Å²) in [5.74, 6) is 2.26. The first-order valence-corrected chi connectivity index (χ1v) is 9.93. The first kappa shape index (κ1) is 17.5. The van der Waals surface area contributed by atoms with E-state index in [9.17, 15) is 4.39 Å². The van der Waals surface area contributed by atoms with E-state index in [2.05, 4.69) is 6.92 Å². The van der Waals surface area contributed by atoms with Gasteiger partial charge >= 0.3 is 0 Å². The quantitative estimate of drug-likeness (QED) is 0.592. The van der Waals surface area contributed by atoms with Crippen molar-refractivity contribution in [1.82, 2.24) is 0 Å². The number of benzene rings is 1. The smallest absolute Gasteiger partial charge is 0.144 e. The van der Waals surface area contributed by atoms with Crippen LogP contribution in [0, 0.1) is 34.9 Å². The molecule has 130 valence electrons. The number of nitriles is 1. The van der Waals surface area contributed by atoms with Gasteiger partial charge in [-0.3, -0.25) is 0 Å². The summed E-state index contributed by atoms with van der Waals surface area (Å²) in [6.07, 6.45) is 14.0. The molecular formula is C22H30FN. The topological polar surface area (TPSA) is 23.8 Å². The highest BCUT2D eigenvalue weighted by Crippen LogP contribution is 2.41. The van der Waals surface area contributed by atoms with Crippen molar-refractivity contribution >= 4 is 0 Å². The Kier molecular flexibility index (Phi) is 5.93. The summed E-state index contributed by atoms with van der Waals surface area (Å²) in [7, 11) is 0. The summed E-state index contributed by atoms with van der Waals surface area (Å²) in [6.45, 7) is 2.28. The third-order valence-electron chi connectivity index (χ3n) is 6.48. The van der Waals surface area contributed by atoms with Gasteiger partial charge < -0.3 is 0 Å². The summed E-state index contributed by atoms with van der Waals surface area (Å²) in [5, 5.41) is 8.99. The second-order valence-electron chi connectivity index (χ2n) is 7.96. The molecule has 1 aromatic rings. The largest absolute Gasteiger partial charge is 0.205 e. The number of nitrogens with zero attached hydrogens (tertiary/aromatic N) is 1. The molecule has 0 spiro atoms. The van der Waals surface area contributed by atoms with Crippen LogP contribution in [0.5, 0.6) is 0 Å². The predicted octanol–water partition coefficient (Wildman–Crippen LogP) is 6.19. The fraction of sp³-hybridized carbons (Fsp3) is 0.682. The normalized spacial score (nSPS) is 26.6. The van der Waals surface area contributed by atoms with Gasteiger partial charge in [0, 0.05) is 0 Å². The maximum Gasteiger partial charge on any atom is 0.144 e. The molecule has 0 aliphatic heterocycles. The summed E-state index contributed by atoms with van der Waals surface area (Å²) < 4.78 is 14.3. The molecule has 1 atom stereocenters. The average Bonchev–Trinajstić information content (AvgIpc) is 2.63. The van der Waals surface area contributed by atoms with Crippen LogP contribution < -0.4 is 0 Å². The number of hydrogen-bond acceptors (Lipinski definition) is 1. The Morgan fingerprint density at radius 2 is 1.88 bits per heavy atom. The molecule has 2 heteroatoms. The highest BCUT2D eigenvalue weighted by molar-refractivity contribution is 5.41.